The second-order valence-electron chi connectivity index (χ2n) is 4.15. The lowest BCUT2D eigenvalue weighted by molar-refractivity contribution is -0.120. The number of carbonyl (C=O) groups excluding carboxylic acids is 1. The molecule has 5 nitrogen and oxygen atoms in total. The Morgan fingerprint density at radius 1 is 1.56 bits per heavy atom. The smallest absolute Gasteiger partial charge is 0.233 e. The highest BCUT2D eigenvalue weighted by atomic mass is 32.1. The van der Waals surface area contributed by atoms with Crippen molar-refractivity contribution in [3.63, 3.8) is 0 Å². The largest absolute Gasteiger partial charge is 0.355 e. The molecule has 98 valence electrons. The molecule has 0 fully saturated rings. The van der Waals surface area contributed by atoms with Crippen LogP contribution in [0, 0.1) is 6.92 Å². The van der Waals surface area contributed by atoms with Crippen LogP contribution in [0.5, 0.6) is 0 Å². The van der Waals surface area contributed by atoms with Crippen molar-refractivity contribution in [1.29, 1.82) is 0 Å². The van der Waals surface area contributed by atoms with Gasteiger partial charge in [0.1, 0.15) is 0 Å². The molecule has 0 aliphatic rings. The molecule has 2 aromatic heterocycles. The van der Waals surface area contributed by atoms with Crippen LogP contribution in [-0.2, 0) is 11.3 Å². The first-order valence-corrected chi connectivity index (χ1v) is 6.98. The summed E-state index contributed by atoms with van der Waals surface area (Å²) in [7, 11) is 0. The Morgan fingerprint density at radius 2 is 2.39 bits per heavy atom. The second-order valence-corrected chi connectivity index (χ2v) is 5.03. The second kappa shape index (κ2) is 5.97. The molecule has 2 aromatic rings. The predicted octanol–water partition coefficient (Wildman–Crippen LogP) is 1.32. The van der Waals surface area contributed by atoms with Crippen molar-refractivity contribution >= 4 is 22.2 Å². The number of nitrogens with zero attached hydrogens (tertiary/aromatic N) is 2. The summed E-state index contributed by atoms with van der Waals surface area (Å²) in [6.07, 6.45) is 2.97. The number of hydrogen-bond acceptors (Lipinski definition) is 4. The molecule has 0 aromatic carbocycles. The molecule has 0 spiro atoms. The average Bonchev–Trinajstić information content (AvgIpc) is 2.89. The molecule has 18 heavy (non-hydrogen) atoms. The molecular weight excluding hydrogens is 248 g/mol. The van der Waals surface area contributed by atoms with E-state index in [4.69, 9.17) is 0 Å². The molecule has 0 aliphatic heterocycles. The molecule has 0 saturated heterocycles. The highest BCUT2D eigenvalue weighted by molar-refractivity contribution is 7.15. The zero-order valence-corrected chi connectivity index (χ0v) is 11.5. The first-order valence-electron chi connectivity index (χ1n) is 6.10. The Morgan fingerprint density at radius 3 is 3.17 bits per heavy atom. The van der Waals surface area contributed by atoms with Gasteiger partial charge in [-0.05, 0) is 13.3 Å². The molecule has 0 atom stereocenters. The summed E-state index contributed by atoms with van der Waals surface area (Å²) in [6, 6.07) is 0. The van der Waals surface area contributed by atoms with E-state index >= 15 is 0 Å². The topological polar surface area (TPSA) is 58.4 Å². The maximum Gasteiger partial charge on any atom is 0.233 e. The molecule has 2 heterocycles. The lowest BCUT2D eigenvalue weighted by Crippen LogP contribution is -2.34. The van der Waals surface area contributed by atoms with Crippen molar-refractivity contribution in [3.8, 4) is 0 Å². The molecule has 0 bridgehead atoms. The zero-order valence-electron chi connectivity index (χ0n) is 10.7. The van der Waals surface area contributed by atoms with Crippen molar-refractivity contribution in [2.75, 3.05) is 13.1 Å². The van der Waals surface area contributed by atoms with Gasteiger partial charge in [0.15, 0.2) is 4.96 Å². The third-order valence-corrected chi connectivity index (χ3v) is 3.47. The number of thiazole rings is 1. The molecule has 0 unspecified atom stereocenters. The fourth-order valence-electron chi connectivity index (χ4n) is 1.78. The Labute approximate surface area is 110 Å². The number of amides is 1. The number of aryl methyl sites for hydroxylation is 1. The van der Waals surface area contributed by atoms with Crippen LogP contribution in [0.2, 0.25) is 0 Å². The fourth-order valence-corrected chi connectivity index (χ4v) is 2.55. The van der Waals surface area contributed by atoms with Gasteiger partial charge in [0.05, 0.1) is 17.9 Å². The summed E-state index contributed by atoms with van der Waals surface area (Å²) in [4.78, 5) is 16.9. The summed E-state index contributed by atoms with van der Waals surface area (Å²) < 4.78 is 2.07. The van der Waals surface area contributed by atoms with Crippen molar-refractivity contribution in [2.24, 2.45) is 0 Å². The van der Waals surface area contributed by atoms with Gasteiger partial charge in [-0.2, -0.15) is 0 Å². The molecule has 2 N–H and O–H groups in total. The van der Waals surface area contributed by atoms with E-state index in [1.807, 2.05) is 25.4 Å². The lowest BCUT2D eigenvalue weighted by Gasteiger charge is -2.05. The van der Waals surface area contributed by atoms with E-state index in [2.05, 4.69) is 20.0 Å². The number of rotatable bonds is 6. The van der Waals surface area contributed by atoms with Gasteiger partial charge in [0, 0.05) is 24.7 Å². The Kier molecular flexibility index (Phi) is 4.33. The van der Waals surface area contributed by atoms with E-state index in [0.717, 1.165) is 29.3 Å². The Balaban J connectivity index is 1.88. The van der Waals surface area contributed by atoms with E-state index in [-0.39, 0.29) is 5.91 Å². The minimum atomic E-state index is 0.0422. The van der Waals surface area contributed by atoms with Crippen molar-refractivity contribution in [3.05, 3.63) is 23.0 Å². The summed E-state index contributed by atoms with van der Waals surface area (Å²) in [6.45, 7) is 5.77. The number of hydrogen-bond donors (Lipinski definition) is 2. The van der Waals surface area contributed by atoms with Gasteiger partial charge in [0.25, 0.3) is 0 Å². The van der Waals surface area contributed by atoms with Crippen molar-refractivity contribution in [2.45, 2.75) is 26.8 Å². The van der Waals surface area contributed by atoms with E-state index < -0.39 is 0 Å². The Hall–Kier alpha value is -1.40. The lowest BCUT2D eigenvalue weighted by atomic mass is 10.3. The van der Waals surface area contributed by atoms with Gasteiger partial charge >= 0.3 is 0 Å². The highest BCUT2D eigenvalue weighted by Crippen LogP contribution is 2.16. The molecule has 2 rings (SSSR count). The monoisotopic (exact) mass is 266 g/mol. The van der Waals surface area contributed by atoms with Crippen molar-refractivity contribution < 1.29 is 4.79 Å². The van der Waals surface area contributed by atoms with Gasteiger partial charge in [-0.3, -0.25) is 9.20 Å². The summed E-state index contributed by atoms with van der Waals surface area (Å²) in [5.74, 6) is 0.0422. The van der Waals surface area contributed by atoms with Gasteiger partial charge < -0.3 is 10.6 Å². The summed E-state index contributed by atoms with van der Waals surface area (Å²) >= 11 is 1.62. The van der Waals surface area contributed by atoms with Crippen LogP contribution in [-0.4, -0.2) is 28.4 Å². The normalized spacial score (nSPS) is 11.0. The van der Waals surface area contributed by atoms with Crippen LogP contribution in [0.3, 0.4) is 0 Å². The van der Waals surface area contributed by atoms with E-state index in [1.54, 1.807) is 11.3 Å². The van der Waals surface area contributed by atoms with Crippen LogP contribution in [0.25, 0.3) is 4.96 Å². The van der Waals surface area contributed by atoms with E-state index in [1.165, 1.54) is 0 Å². The predicted molar refractivity (Wildman–Crippen MR) is 72.8 cm³/mol. The zero-order chi connectivity index (χ0) is 13.0. The molecule has 6 heteroatoms. The van der Waals surface area contributed by atoms with Crippen LogP contribution in [0.4, 0.5) is 0 Å². The first-order chi connectivity index (χ1) is 8.72. The van der Waals surface area contributed by atoms with Gasteiger partial charge in [0.2, 0.25) is 5.91 Å². The number of carbonyl (C=O) groups is 1. The maximum atomic E-state index is 11.4. The third-order valence-electron chi connectivity index (χ3n) is 2.71. The highest BCUT2D eigenvalue weighted by Gasteiger charge is 2.09. The third kappa shape index (κ3) is 2.88. The van der Waals surface area contributed by atoms with Gasteiger partial charge in [-0.1, -0.05) is 6.92 Å². The molecule has 1 amide bonds. The fraction of sp³-hybridized carbons (Fsp3) is 0.500. The standard InChI is InChI=1S/C12H18N4OS/c1-3-4-14-11(17)8-13-7-10-9(2)15-12-16(10)5-6-18-12/h5-6,13H,3-4,7-8H2,1-2H3,(H,14,17). The summed E-state index contributed by atoms with van der Waals surface area (Å²) in [5.41, 5.74) is 2.14. The Bertz CT molecular complexity index is 531. The molecule has 0 saturated carbocycles. The SMILES string of the molecule is CCCNC(=O)CNCc1c(C)nc2sccn12. The number of fused-ring (bicyclic) bond motifs is 1. The molecule has 0 aliphatic carbocycles. The first kappa shape index (κ1) is 13.0. The van der Waals surface area contributed by atoms with Crippen LogP contribution < -0.4 is 10.6 Å². The van der Waals surface area contributed by atoms with Gasteiger partial charge in [-0.15, -0.1) is 11.3 Å². The van der Waals surface area contributed by atoms with Crippen LogP contribution in [0.15, 0.2) is 11.6 Å². The minimum Gasteiger partial charge on any atom is -0.355 e. The van der Waals surface area contributed by atoms with E-state index in [9.17, 15) is 4.79 Å². The van der Waals surface area contributed by atoms with Gasteiger partial charge in [-0.25, -0.2) is 4.98 Å². The summed E-state index contributed by atoms with van der Waals surface area (Å²) in [5, 5.41) is 8.00. The van der Waals surface area contributed by atoms with E-state index in [0.29, 0.717) is 13.1 Å². The minimum absolute atomic E-state index is 0.0422. The molecular formula is C12H18N4OS. The quantitative estimate of drug-likeness (QED) is 0.829. The number of imidazole rings is 1. The van der Waals surface area contributed by atoms with Crippen LogP contribution in [0.1, 0.15) is 24.7 Å². The number of aromatic nitrogens is 2. The maximum absolute atomic E-state index is 11.4. The van der Waals surface area contributed by atoms with Crippen LogP contribution >= 0.6 is 11.3 Å². The number of nitrogens with one attached hydrogen (secondary N) is 2. The van der Waals surface area contributed by atoms with Crippen molar-refractivity contribution in [1.82, 2.24) is 20.0 Å². The molecule has 0 radical (unpaired) electrons. The average molecular weight is 266 g/mol.